The molecule has 0 amide bonds. The number of rotatable bonds is 18. The zero-order valence-electron chi connectivity index (χ0n) is 17.3. The van der Waals surface area contributed by atoms with Crippen molar-refractivity contribution in [1.29, 1.82) is 0 Å². The van der Waals surface area contributed by atoms with Gasteiger partial charge in [-0.15, -0.1) is 0 Å². The van der Waals surface area contributed by atoms with E-state index in [9.17, 15) is 0 Å². The van der Waals surface area contributed by atoms with E-state index in [0.717, 1.165) is 10.8 Å². The molecular formula is C22H32O8. The molecule has 2 rings (SSSR count). The van der Waals surface area contributed by atoms with E-state index in [1.165, 1.54) is 0 Å². The van der Waals surface area contributed by atoms with Crippen molar-refractivity contribution in [1.82, 2.24) is 0 Å². The van der Waals surface area contributed by atoms with Crippen LogP contribution in [-0.2, 0) is 18.9 Å². The Hall–Kier alpha value is -1.94. The van der Waals surface area contributed by atoms with Gasteiger partial charge in [-0.1, -0.05) is 24.3 Å². The summed E-state index contributed by atoms with van der Waals surface area (Å²) in [6.45, 7) is 4.04. The first-order chi connectivity index (χ1) is 14.8. The lowest BCUT2D eigenvalue weighted by atomic mass is 10.1. The second kappa shape index (κ2) is 15.8. The Morgan fingerprint density at radius 3 is 1.27 bits per heavy atom. The summed E-state index contributed by atoms with van der Waals surface area (Å²) in [4.78, 5) is 0. The Morgan fingerprint density at radius 2 is 0.867 bits per heavy atom. The summed E-state index contributed by atoms with van der Waals surface area (Å²) in [6.07, 6.45) is 0. The first-order valence-corrected chi connectivity index (χ1v) is 10.2. The monoisotopic (exact) mass is 424 g/mol. The van der Waals surface area contributed by atoms with Crippen LogP contribution in [0.3, 0.4) is 0 Å². The van der Waals surface area contributed by atoms with Crippen LogP contribution in [0.2, 0.25) is 0 Å². The summed E-state index contributed by atoms with van der Waals surface area (Å²) in [7, 11) is 0. The van der Waals surface area contributed by atoms with Gasteiger partial charge in [-0.25, -0.2) is 0 Å². The van der Waals surface area contributed by atoms with Crippen LogP contribution in [0.15, 0.2) is 36.4 Å². The summed E-state index contributed by atoms with van der Waals surface area (Å²) < 4.78 is 33.0. The summed E-state index contributed by atoms with van der Waals surface area (Å²) in [5.41, 5.74) is 0. The highest BCUT2D eigenvalue weighted by Gasteiger charge is 2.08. The number of hydrogen-bond acceptors (Lipinski definition) is 8. The van der Waals surface area contributed by atoms with Gasteiger partial charge in [0.2, 0.25) is 0 Å². The molecule has 2 aromatic carbocycles. The van der Waals surface area contributed by atoms with Crippen molar-refractivity contribution >= 4 is 10.8 Å². The fraction of sp³-hybridized carbons (Fsp3) is 0.545. The largest absolute Gasteiger partial charge is 0.487 e. The van der Waals surface area contributed by atoms with Crippen LogP contribution in [0.25, 0.3) is 10.8 Å². The standard InChI is InChI=1S/C22H32O8/c23-5-7-25-9-11-27-13-15-29-21-17-19-3-1-2-4-20(19)18-22(21)30-16-14-28-12-10-26-8-6-24/h1-4,17-18,23-24H,5-16H2. The van der Waals surface area contributed by atoms with Gasteiger partial charge in [0.25, 0.3) is 0 Å². The van der Waals surface area contributed by atoms with Crippen LogP contribution in [-0.4, -0.2) is 89.5 Å². The molecule has 0 spiro atoms. The minimum atomic E-state index is 0.0103. The second-order valence-electron chi connectivity index (χ2n) is 6.24. The molecule has 0 bridgehead atoms. The van der Waals surface area contributed by atoms with Gasteiger partial charge < -0.3 is 38.6 Å². The third-order valence-electron chi connectivity index (χ3n) is 4.00. The molecule has 0 radical (unpaired) electrons. The molecule has 30 heavy (non-hydrogen) atoms. The zero-order chi connectivity index (χ0) is 21.3. The molecule has 0 aliphatic heterocycles. The number of aliphatic hydroxyl groups is 2. The highest BCUT2D eigenvalue weighted by Crippen LogP contribution is 2.32. The lowest BCUT2D eigenvalue weighted by Crippen LogP contribution is -2.13. The van der Waals surface area contributed by atoms with Crippen molar-refractivity contribution in [3.8, 4) is 11.5 Å². The predicted molar refractivity (Wildman–Crippen MR) is 112 cm³/mol. The molecular weight excluding hydrogens is 392 g/mol. The highest BCUT2D eigenvalue weighted by atomic mass is 16.6. The topological polar surface area (TPSA) is 95.8 Å². The van der Waals surface area contributed by atoms with Crippen molar-refractivity contribution in [3.63, 3.8) is 0 Å². The summed E-state index contributed by atoms with van der Waals surface area (Å²) in [6, 6.07) is 11.9. The molecule has 2 N–H and O–H groups in total. The summed E-state index contributed by atoms with van der Waals surface area (Å²) in [5.74, 6) is 1.31. The Bertz CT molecular complexity index is 635. The average Bonchev–Trinajstić information content (AvgIpc) is 2.77. The molecule has 0 saturated carbocycles. The van der Waals surface area contributed by atoms with Crippen molar-refractivity contribution in [3.05, 3.63) is 36.4 Å². The van der Waals surface area contributed by atoms with Gasteiger partial charge >= 0.3 is 0 Å². The maximum atomic E-state index is 8.65. The minimum absolute atomic E-state index is 0.0103. The molecule has 0 atom stereocenters. The Labute approximate surface area is 177 Å². The molecule has 0 aliphatic carbocycles. The van der Waals surface area contributed by atoms with E-state index in [1.807, 2.05) is 36.4 Å². The smallest absolute Gasteiger partial charge is 0.161 e. The predicted octanol–water partition coefficient (Wildman–Crippen LogP) is 1.65. The van der Waals surface area contributed by atoms with Crippen LogP contribution in [0, 0.1) is 0 Å². The first-order valence-electron chi connectivity index (χ1n) is 10.2. The minimum Gasteiger partial charge on any atom is -0.487 e. The fourth-order valence-electron chi connectivity index (χ4n) is 2.62. The van der Waals surface area contributed by atoms with Gasteiger partial charge in [-0.05, 0) is 22.9 Å². The summed E-state index contributed by atoms with van der Waals surface area (Å²) in [5, 5.41) is 19.4. The van der Waals surface area contributed by atoms with Crippen molar-refractivity contribution in [2.75, 3.05) is 79.3 Å². The van der Waals surface area contributed by atoms with E-state index in [1.54, 1.807) is 0 Å². The van der Waals surface area contributed by atoms with Crippen LogP contribution in [0.5, 0.6) is 11.5 Å². The van der Waals surface area contributed by atoms with Gasteiger partial charge in [0, 0.05) is 0 Å². The summed E-state index contributed by atoms with van der Waals surface area (Å²) >= 11 is 0. The lowest BCUT2D eigenvalue weighted by molar-refractivity contribution is 0.0223. The second-order valence-corrected chi connectivity index (χ2v) is 6.24. The molecule has 0 saturated heterocycles. The number of benzene rings is 2. The van der Waals surface area contributed by atoms with E-state index in [2.05, 4.69) is 0 Å². The number of fused-ring (bicyclic) bond motifs is 1. The molecule has 0 fully saturated rings. The van der Waals surface area contributed by atoms with Crippen LogP contribution >= 0.6 is 0 Å². The Morgan fingerprint density at radius 1 is 0.500 bits per heavy atom. The molecule has 8 nitrogen and oxygen atoms in total. The van der Waals surface area contributed by atoms with Crippen LogP contribution in [0.4, 0.5) is 0 Å². The van der Waals surface area contributed by atoms with Crippen molar-refractivity contribution < 1.29 is 38.6 Å². The number of ether oxygens (including phenoxy) is 6. The lowest BCUT2D eigenvalue weighted by Gasteiger charge is -2.14. The van der Waals surface area contributed by atoms with Gasteiger partial charge in [0.1, 0.15) is 13.2 Å². The van der Waals surface area contributed by atoms with Crippen LogP contribution < -0.4 is 9.47 Å². The maximum Gasteiger partial charge on any atom is 0.161 e. The Kier molecular flexibility index (Phi) is 12.8. The molecule has 2 aromatic rings. The molecule has 0 unspecified atom stereocenters. The van der Waals surface area contributed by atoms with Crippen LogP contribution in [0.1, 0.15) is 0 Å². The maximum absolute atomic E-state index is 8.65. The average molecular weight is 424 g/mol. The van der Waals surface area contributed by atoms with Gasteiger partial charge in [-0.2, -0.15) is 0 Å². The number of aliphatic hydroxyl groups excluding tert-OH is 2. The van der Waals surface area contributed by atoms with Gasteiger partial charge in [0.15, 0.2) is 11.5 Å². The molecule has 0 aromatic heterocycles. The van der Waals surface area contributed by atoms with E-state index in [-0.39, 0.29) is 13.2 Å². The number of hydrogen-bond donors (Lipinski definition) is 2. The zero-order valence-corrected chi connectivity index (χ0v) is 17.3. The Balaban J connectivity index is 1.77. The molecule has 8 heteroatoms. The van der Waals surface area contributed by atoms with Crippen molar-refractivity contribution in [2.45, 2.75) is 0 Å². The third-order valence-corrected chi connectivity index (χ3v) is 4.00. The third kappa shape index (κ3) is 9.71. The van der Waals surface area contributed by atoms with Crippen molar-refractivity contribution in [2.24, 2.45) is 0 Å². The molecule has 0 heterocycles. The fourth-order valence-corrected chi connectivity index (χ4v) is 2.62. The van der Waals surface area contributed by atoms with E-state index in [0.29, 0.717) is 77.6 Å². The van der Waals surface area contributed by atoms with Gasteiger partial charge in [-0.3, -0.25) is 0 Å². The SMILES string of the molecule is OCCOCCOCCOc1cc2ccccc2cc1OCCOCCOCCO. The first kappa shape index (κ1) is 24.3. The van der Waals surface area contributed by atoms with E-state index in [4.69, 9.17) is 38.6 Å². The van der Waals surface area contributed by atoms with E-state index < -0.39 is 0 Å². The van der Waals surface area contributed by atoms with Gasteiger partial charge in [0.05, 0.1) is 66.1 Å². The molecule has 168 valence electrons. The normalized spacial score (nSPS) is 11.1. The van der Waals surface area contributed by atoms with E-state index >= 15 is 0 Å². The highest BCUT2D eigenvalue weighted by molar-refractivity contribution is 5.86. The molecule has 0 aliphatic rings. The quantitative estimate of drug-likeness (QED) is 0.349.